The Balaban J connectivity index is 2.14. The van der Waals surface area contributed by atoms with Crippen LogP contribution >= 0.6 is 0 Å². The molecule has 1 atom stereocenters. The summed E-state index contributed by atoms with van der Waals surface area (Å²) in [6, 6.07) is 7.81. The van der Waals surface area contributed by atoms with Crippen molar-refractivity contribution in [1.29, 1.82) is 5.26 Å². The number of carbonyl (C=O) groups excluding carboxylic acids is 1. The minimum absolute atomic E-state index is 0.0707. The lowest BCUT2D eigenvalue weighted by molar-refractivity contribution is -0.159. The summed E-state index contributed by atoms with van der Waals surface area (Å²) in [4.78, 5) is 12.2. The van der Waals surface area contributed by atoms with Crippen LogP contribution in [0.2, 0.25) is 0 Å². The van der Waals surface area contributed by atoms with Crippen molar-refractivity contribution in [2.24, 2.45) is 5.92 Å². The standard InChI is InChI=1S/C16H20N2O4S/c1-16(2,3)22-15(19)13-7-8-18(11-13)23(20,21)14-6-4-5-12(9-14)10-17/h4-6,9,13H,7-8,11H2,1-3H3/t13-/m1/s1. The fraction of sp³-hybridized carbons (Fsp3) is 0.500. The van der Waals surface area contributed by atoms with E-state index in [1.54, 1.807) is 26.8 Å². The van der Waals surface area contributed by atoms with Crippen LogP contribution in [0.25, 0.3) is 0 Å². The molecule has 1 aliphatic rings. The van der Waals surface area contributed by atoms with Crippen molar-refractivity contribution >= 4 is 16.0 Å². The van der Waals surface area contributed by atoms with Gasteiger partial charge in [0.15, 0.2) is 0 Å². The molecule has 0 aliphatic carbocycles. The lowest BCUT2D eigenvalue weighted by Gasteiger charge is -2.22. The summed E-state index contributed by atoms with van der Waals surface area (Å²) in [5.41, 5.74) is -0.307. The van der Waals surface area contributed by atoms with E-state index in [1.807, 2.05) is 6.07 Å². The summed E-state index contributed by atoms with van der Waals surface area (Å²) >= 11 is 0. The third-order valence-electron chi connectivity index (χ3n) is 3.49. The molecule has 6 nitrogen and oxygen atoms in total. The van der Waals surface area contributed by atoms with Gasteiger partial charge in [0.05, 0.1) is 22.4 Å². The second kappa shape index (κ2) is 6.30. The number of sulfonamides is 1. The SMILES string of the molecule is CC(C)(C)OC(=O)[C@@H]1CCN(S(=O)(=O)c2cccc(C#N)c2)C1. The minimum Gasteiger partial charge on any atom is -0.460 e. The Hall–Kier alpha value is -1.91. The number of nitrogens with zero attached hydrogens (tertiary/aromatic N) is 2. The minimum atomic E-state index is -3.71. The molecular weight excluding hydrogens is 316 g/mol. The summed E-state index contributed by atoms with van der Waals surface area (Å²) in [5, 5.41) is 8.90. The Morgan fingerprint density at radius 3 is 2.70 bits per heavy atom. The molecule has 1 aromatic rings. The number of nitriles is 1. The van der Waals surface area contributed by atoms with Crippen LogP contribution in [-0.2, 0) is 19.6 Å². The topological polar surface area (TPSA) is 87.5 Å². The van der Waals surface area contributed by atoms with E-state index in [2.05, 4.69) is 0 Å². The normalized spacial score (nSPS) is 19.3. The van der Waals surface area contributed by atoms with Crippen LogP contribution in [0.5, 0.6) is 0 Å². The number of rotatable bonds is 3. The van der Waals surface area contributed by atoms with Gasteiger partial charge in [-0.25, -0.2) is 8.42 Å². The molecule has 0 bridgehead atoms. The average Bonchev–Trinajstić information content (AvgIpc) is 2.96. The predicted molar refractivity (Wildman–Crippen MR) is 83.9 cm³/mol. The first-order valence-corrected chi connectivity index (χ1v) is 8.81. The number of ether oxygens (including phenoxy) is 1. The number of hydrogen-bond acceptors (Lipinski definition) is 5. The second-order valence-electron chi connectivity index (χ2n) is 6.52. The van der Waals surface area contributed by atoms with E-state index in [0.717, 1.165) is 0 Å². The molecule has 1 saturated heterocycles. The average molecular weight is 336 g/mol. The second-order valence-corrected chi connectivity index (χ2v) is 8.46. The lowest BCUT2D eigenvalue weighted by Crippen LogP contribution is -2.33. The summed E-state index contributed by atoms with van der Waals surface area (Å²) in [5.74, 6) is -0.830. The van der Waals surface area contributed by atoms with Gasteiger partial charge in [-0.2, -0.15) is 9.57 Å². The van der Waals surface area contributed by atoms with E-state index in [1.165, 1.54) is 22.5 Å². The summed E-state index contributed by atoms with van der Waals surface area (Å²) in [7, 11) is -3.71. The van der Waals surface area contributed by atoms with E-state index in [9.17, 15) is 13.2 Å². The maximum atomic E-state index is 12.6. The zero-order valence-electron chi connectivity index (χ0n) is 13.4. The third kappa shape index (κ3) is 4.09. The quantitative estimate of drug-likeness (QED) is 0.787. The van der Waals surface area contributed by atoms with Crippen molar-refractivity contribution in [2.45, 2.75) is 37.7 Å². The largest absolute Gasteiger partial charge is 0.460 e. The smallest absolute Gasteiger partial charge is 0.310 e. The van der Waals surface area contributed by atoms with Gasteiger partial charge in [-0.3, -0.25) is 4.79 Å². The molecule has 0 N–H and O–H groups in total. The van der Waals surface area contributed by atoms with Gasteiger partial charge < -0.3 is 4.74 Å². The first kappa shape index (κ1) is 17.4. The maximum absolute atomic E-state index is 12.6. The van der Waals surface area contributed by atoms with Crippen LogP contribution in [0.3, 0.4) is 0 Å². The molecule has 2 rings (SSSR count). The molecule has 1 aromatic carbocycles. The van der Waals surface area contributed by atoms with Crippen LogP contribution in [-0.4, -0.2) is 37.4 Å². The van der Waals surface area contributed by atoms with Crippen LogP contribution in [0.15, 0.2) is 29.2 Å². The number of benzene rings is 1. The van der Waals surface area contributed by atoms with Gasteiger partial charge in [-0.1, -0.05) is 6.07 Å². The van der Waals surface area contributed by atoms with E-state index >= 15 is 0 Å². The van der Waals surface area contributed by atoms with Gasteiger partial charge in [0.2, 0.25) is 10.0 Å². The van der Waals surface area contributed by atoms with Crippen molar-refractivity contribution in [3.8, 4) is 6.07 Å². The first-order chi connectivity index (χ1) is 10.6. The molecular formula is C16H20N2O4S. The Morgan fingerprint density at radius 1 is 1.39 bits per heavy atom. The van der Waals surface area contributed by atoms with Crippen LogP contribution in [0.4, 0.5) is 0 Å². The van der Waals surface area contributed by atoms with Gasteiger partial charge in [0.1, 0.15) is 5.60 Å². The van der Waals surface area contributed by atoms with Crippen molar-refractivity contribution in [3.05, 3.63) is 29.8 Å². The fourth-order valence-corrected chi connectivity index (χ4v) is 3.95. The highest BCUT2D eigenvalue weighted by Crippen LogP contribution is 2.26. The van der Waals surface area contributed by atoms with Crippen LogP contribution in [0, 0.1) is 17.2 Å². The first-order valence-electron chi connectivity index (χ1n) is 7.37. The maximum Gasteiger partial charge on any atom is 0.310 e. The molecule has 1 heterocycles. The Kier molecular flexibility index (Phi) is 4.78. The van der Waals surface area contributed by atoms with E-state index in [0.29, 0.717) is 6.42 Å². The van der Waals surface area contributed by atoms with E-state index in [-0.39, 0.29) is 29.5 Å². The molecule has 23 heavy (non-hydrogen) atoms. The van der Waals surface area contributed by atoms with E-state index < -0.39 is 21.5 Å². The molecule has 0 radical (unpaired) electrons. The van der Waals surface area contributed by atoms with Crippen molar-refractivity contribution < 1.29 is 17.9 Å². The number of esters is 1. The van der Waals surface area contributed by atoms with Gasteiger partial charge in [-0.15, -0.1) is 0 Å². The molecule has 0 unspecified atom stereocenters. The number of hydrogen-bond donors (Lipinski definition) is 0. The lowest BCUT2D eigenvalue weighted by atomic mass is 10.1. The highest BCUT2D eigenvalue weighted by Gasteiger charge is 2.37. The van der Waals surface area contributed by atoms with Gasteiger partial charge >= 0.3 is 5.97 Å². The van der Waals surface area contributed by atoms with E-state index in [4.69, 9.17) is 10.00 Å². The fourth-order valence-electron chi connectivity index (χ4n) is 2.40. The van der Waals surface area contributed by atoms with Crippen molar-refractivity contribution in [1.82, 2.24) is 4.31 Å². The molecule has 0 saturated carbocycles. The van der Waals surface area contributed by atoms with Gasteiger partial charge in [-0.05, 0) is 45.4 Å². The number of carbonyl (C=O) groups is 1. The summed E-state index contributed by atoms with van der Waals surface area (Å²) in [6.07, 6.45) is 0.437. The molecule has 1 fully saturated rings. The zero-order valence-corrected chi connectivity index (χ0v) is 14.3. The molecule has 7 heteroatoms. The molecule has 0 aromatic heterocycles. The predicted octanol–water partition coefficient (Wildman–Crippen LogP) is 1.91. The van der Waals surface area contributed by atoms with Crippen molar-refractivity contribution in [2.75, 3.05) is 13.1 Å². The van der Waals surface area contributed by atoms with Crippen LogP contribution in [0.1, 0.15) is 32.8 Å². The van der Waals surface area contributed by atoms with Gasteiger partial charge in [0, 0.05) is 13.1 Å². The molecule has 0 amide bonds. The zero-order chi connectivity index (χ0) is 17.3. The Morgan fingerprint density at radius 2 is 2.09 bits per heavy atom. The van der Waals surface area contributed by atoms with Crippen LogP contribution < -0.4 is 0 Å². The summed E-state index contributed by atoms with van der Waals surface area (Å²) in [6.45, 7) is 5.71. The summed E-state index contributed by atoms with van der Waals surface area (Å²) < 4.78 is 31.8. The molecule has 124 valence electrons. The monoisotopic (exact) mass is 336 g/mol. The third-order valence-corrected chi connectivity index (χ3v) is 5.35. The Labute approximate surface area is 136 Å². The highest BCUT2D eigenvalue weighted by atomic mass is 32.2. The van der Waals surface area contributed by atoms with Crippen molar-refractivity contribution in [3.63, 3.8) is 0 Å². The molecule has 1 aliphatic heterocycles. The highest BCUT2D eigenvalue weighted by molar-refractivity contribution is 7.89. The van der Waals surface area contributed by atoms with Gasteiger partial charge in [0.25, 0.3) is 0 Å². The Bertz CT molecular complexity index is 744. The molecule has 0 spiro atoms.